The molecule has 0 bridgehead atoms. The number of aryl methyl sites for hydroxylation is 1. The zero-order valence-electron chi connectivity index (χ0n) is 15.1. The first-order valence-corrected chi connectivity index (χ1v) is 9.12. The first kappa shape index (κ1) is 16.9. The second-order valence-electron chi connectivity index (χ2n) is 6.76. The van der Waals surface area contributed by atoms with Crippen LogP contribution in [-0.2, 0) is 4.74 Å². The molecule has 1 saturated heterocycles. The third kappa shape index (κ3) is 3.84. The first-order valence-electron chi connectivity index (χ1n) is 9.12. The van der Waals surface area contributed by atoms with Crippen molar-refractivity contribution in [2.75, 3.05) is 38.2 Å². The zero-order valence-corrected chi connectivity index (χ0v) is 15.1. The lowest BCUT2D eigenvalue weighted by atomic mass is 10.0. The van der Waals surface area contributed by atoms with Crippen LogP contribution in [0.25, 0.3) is 10.9 Å². The van der Waals surface area contributed by atoms with Crippen LogP contribution in [0.1, 0.15) is 17.2 Å². The van der Waals surface area contributed by atoms with Crippen molar-refractivity contribution in [1.29, 1.82) is 0 Å². The van der Waals surface area contributed by atoms with Crippen molar-refractivity contribution >= 4 is 16.7 Å². The minimum Gasteiger partial charge on any atom is -0.379 e. The van der Waals surface area contributed by atoms with Crippen molar-refractivity contribution in [3.8, 4) is 0 Å². The van der Waals surface area contributed by atoms with Gasteiger partial charge >= 0.3 is 0 Å². The lowest BCUT2D eigenvalue weighted by Crippen LogP contribution is -2.40. The molecule has 1 N–H and O–H groups in total. The van der Waals surface area contributed by atoms with Crippen molar-refractivity contribution < 1.29 is 4.74 Å². The summed E-state index contributed by atoms with van der Waals surface area (Å²) in [6.45, 7) is 6.58. The Morgan fingerprint density at radius 1 is 1.04 bits per heavy atom. The van der Waals surface area contributed by atoms with E-state index < -0.39 is 0 Å². The van der Waals surface area contributed by atoms with Gasteiger partial charge in [-0.2, -0.15) is 0 Å². The molecule has 0 aliphatic carbocycles. The zero-order chi connectivity index (χ0) is 17.8. The van der Waals surface area contributed by atoms with E-state index in [1.54, 1.807) is 6.33 Å². The Bertz CT molecular complexity index is 854. The summed E-state index contributed by atoms with van der Waals surface area (Å²) in [5, 5.41) is 4.72. The van der Waals surface area contributed by atoms with Crippen LogP contribution in [0.15, 0.2) is 54.9 Å². The van der Waals surface area contributed by atoms with E-state index in [1.807, 2.05) is 18.2 Å². The van der Waals surface area contributed by atoms with Gasteiger partial charge in [-0.25, -0.2) is 9.97 Å². The molecule has 1 fully saturated rings. The van der Waals surface area contributed by atoms with Crippen LogP contribution in [0, 0.1) is 6.92 Å². The number of rotatable bonds is 5. The van der Waals surface area contributed by atoms with Gasteiger partial charge in [0, 0.05) is 25.0 Å². The van der Waals surface area contributed by atoms with E-state index in [9.17, 15) is 0 Å². The Balaban J connectivity index is 1.64. The van der Waals surface area contributed by atoms with Crippen molar-refractivity contribution in [3.05, 3.63) is 66.0 Å². The SMILES string of the molecule is Cc1ccc(C(CN2CCOCC2)Nc2ncnc3ccccc23)cc1. The highest BCUT2D eigenvalue weighted by atomic mass is 16.5. The van der Waals surface area contributed by atoms with Gasteiger partial charge < -0.3 is 10.1 Å². The standard InChI is InChI=1S/C21H24N4O/c1-16-6-8-17(9-7-16)20(14-25-10-12-26-13-11-25)24-21-18-4-2-3-5-19(18)22-15-23-21/h2-9,15,20H,10-14H2,1H3,(H,22,23,24). The maximum Gasteiger partial charge on any atom is 0.137 e. The number of aromatic nitrogens is 2. The van der Waals surface area contributed by atoms with Gasteiger partial charge in [0.25, 0.3) is 0 Å². The van der Waals surface area contributed by atoms with Gasteiger partial charge in [0.05, 0.1) is 24.8 Å². The molecule has 1 aromatic heterocycles. The highest BCUT2D eigenvalue weighted by Gasteiger charge is 2.19. The number of fused-ring (bicyclic) bond motifs is 1. The Kier molecular flexibility index (Phi) is 5.09. The number of hydrogen-bond donors (Lipinski definition) is 1. The topological polar surface area (TPSA) is 50.3 Å². The molecule has 2 heterocycles. The average molecular weight is 348 g/mol. The molecule has 0 amide bonds. The summed E-state index contributed by atoms with van der Waals surface area (Å²) in [5.41, 5.74) is 3.50. The number of nitrogens with one attached hydrogen (secondary N) is 1. The molecule has 1 atom stereocenters. The van der Waals surface area contributed by atoms with Gasteiger partial charge in [0.2, 0.25) is 0 Å². The summed E-state index contributed by atoms with van der Waals surface area (Å²) in [7, 11) is 0. The molecule has 134 valence electrons. The molecule has 1 aliphatic heterocycles. The fraction of sp³-hybridized carbons (Fsp3) is 0.333. The van der Waals surface area contributed by atoms with E-state index in [0.29, 0.717) is 0 Å². The molecule has 0 spiro atoms. The summed E-state index contributed by atoms with van der Waals surface area (Å²) in [6.07, 6.45) is 1.63. The fourth-order valence-electron chi connectivity index (χ4n) is 3.36. The van der Waals surface area contributed by atoms with Crippen LogP contribution in [0.5, 0.6) is 0 Å². The Morgan fingerprint density at radius 3 is 2.62 bits per heavy atom. The van der Waals surface area contributed by atoms with Gasteiger partial charge in [-0.15, -0.1) is 0 Å². The molecule has 5 nitrogen and oxygen atoms in total. The van der Waals surface area contributed by atoms with Crippen LogP contribution in [0.3, 0.4) is 0 Å². The smallest absolute Gasteiger partial charge is 0.137 e. The molecule has 1 unspecified atom stereocenters. The molecule has 5 heteroatoms. The summed E-state index contributed by atoms with van der Waals surface area (Å²) in [5.74, 6) is 0.884. The number of nitrogens with zero attached hydrogens (tertiary/aromatic N) is 3. The van der Waals surface area contributed by atoms with Crippen molar-refractivity contribution in [2.45, 2.75) is 13.0 Å². The number of anilines is 1. The maximum absolute atomic E-state index is 5.50. The molecule has 3 aromatic rings. The summed E-state index contributed by atoms with van der Waals surface area (Å²) in [6, 6.07) is 17.0. The van der Waals surface area contributed by atoms with Crippen LogP contribution in [0.2, 0.25) is 0 Å². The third-order valence-corrected chi connectivity index (χ3v) is 4.88. The number of para-hydroxylation sites is 1. The van der Waals surface area contributed by atoms with Crippen LogP contribution in [0.4, 0.5) is 5.82 Å². The second-order valence-corrected chi connectivity index (χ2v) is 6.76. The predicted molar refractivity (Wildman–Crippen MR) is 104 cm³/mol. The second kappa shape index (κ2) is 7.81. The number of ether oxygens (including phenoxy) is 1. The maximum atomic E-state index is 5.50. The first-order chi connectivity index (χ1) is 12.8. The van der Waals surface area contributed by atoms with Gasteiger partial charge in [0.15, 0.2) is 0 Å². The molecule has 4 rings (SSSR count). The van der Waals surface area contributed by atoms with E-state index in [4.69, 9.17) is 4.74 Å². The van der Waals surface area contributed by atoms with Gasteiger partial charge in [0.1, 0.15) is 12.1 Å². The van der Waals surface area contributed by atoms with E-state index in [0.717, 1.165) is 49.6 Å². The molecule has 1 aliphatic rings. The van der Waals surface area contributed by atoms with Gasteiger partial charge in [-0.3, -0.25) is 4.90 Å². The van der Waals surface area contributed by atoms with Crippen molar-refractivity contribution in [1.82, 2.24) is 14.9 Å². The lowest BCUT2D eigenvalue weighted by Gasteiger charge is -2.31. The number of morpholine rings is 1. The van der Waals surface area contributed by atoms with Crippen molar-refractivity contribution in [2.24, 2.45) is 0 Å². The minimum absolute atomic E-state index is 0.159. The number of benzene rings is 2. The third-order valence-electron chi connectivity index (χ3n) is 4.88. The molecule has 0 radical (unpaired) electrons. The average Bonchev–Trinajstić information content (AvgIpc) is 2.69. The molecule has 26 heavy (non-hydrogen) atoms. The Hall–Kier alpha value is -2.50. The molecular formula is C21H24N4O. The molecular weight excluding hydrogens is 324 g/mol. The van der Waals surface area contributed by atoms with E-state index in [-0.39, 0.29) is 6.04 Å². The van der Waals surface area contributed by atoms with E-state index in [1.165, 1.54) is 11.1 Å². The molecule has 2 aromatic carbocycles. The Morgan fingerprint density at radius 2 is 1.81 bits per heavy atom. The van der Waals surface area contributed by atoms with Crippen LogP contribution < -0.4 is 5.32 Å². The highest BCUT2D eigenvalue weighted by molar-refractivity contribution is 5.88. The van der Waals surface area contributed by atoms with Crippen LogP contribution >= 0.6 is 0 Å². The van der Waals surface area contributed by atoms with Gasteiger partial charge in [-0.1, -0.05) is 42.0 Å². The quantitative estimate of drug-likeness (QED) is 0.766. The van der Waals surface area contributed by atoms with Crippen LogP contribution in [-0.4, -0.2) is 47.7 Å². The minimum atomic E-state index is 0.159. The molecule has 0 saturated carbocycles. The fourth-order valence-corrected chi connectivity index (χ4v) is 3.36. The summed E-state index contributed by atoms with van der Waals surface area (Å²) in [4.78, 5) is 11.3. The largest absolute Gasteiger partial charge is 0.379 e. The normalized spacial score (nSPS) is 16.5. The van der Waals surface area contributed by atoms with E-state index in [2.05, 4.69) is 57.4 Å². The lowest BCUT2D eigenvalue weighted by molar-refractivity contribution is 0.0361. The van der Waals surface area contributed by atoms with Crippen molar-refractivity contribution in [3.63, 3.8) is 0 Å². The van der Waals surface area contributed by atoms with Gasteiger partial charge in [-0.05, 0) is 24.6 Å². The highest BCUT2D eigenvalue weighted by Crippen LogP contribution is 2.25. The summed E-state index contributed by atoms with van der Waals surface area (Å²) >= 11 is 0. The monoisotopic (exact) mass is 348 g/mol. The summed E-state index contributed by atoms with van der Waals surface area (Å²) < 4.78 is 5.50. The Labute approximate surface area is 154 Å². The van der Waals surface area contributed by atoms with E-state index >= 15 is 0 Å². The number of hydrogen-bond acceptors (Lipinski definition) is 5. The predicted octanol–water partition coefficient (Wildman–Crippen LogP) is 3.42.